The molecule has 1 amide bonds. The van der Waals surface area contributed by atoms with Crippen molar-refractivity contribution in [3.63, 3.8) is 0 Å². The summed E-state index contributed by atoms with van der Waals surface area (Å²) < 4.78 is 5.31. The molecular formula is C20H20Cl2N3O3+. The SMILES string of the molecule is O=C(OCCCl)N1CCc2c([nH]c3ccc(Cl)cc23)C1c1ccc([NH2+]O)cc1. The summed E-state index contributed by atoms with van der Waals surface area (Å²) in [5, 5.41) is 11.0. The van der Waals surface area contributed by atoms with Gasteiger partial charge in [-0.15, -0.1) is 11.6 Å². The number of ether oxygens (including phenoxy) is 1. The van der Waals surface area contributed by atoms with Crippen LogP contribution in [0.4, 0.5) is 10.5 Å². The smallest absolute Gasteiger partial charge is 0.410 e. The highest BCUT2D eigenvalue weighted by molar-refractivity contribution is 6.31. The number of fused-ring (bicyclic) bond motifs is 3. The van der Waals surface area contributed by atoms with Gasteiger partial charge in [0.15, 0.2) is 5.69 Å². The van der Waals surface area contributed by atoms with E-state index in [1.807, 2.05) is 42.5 Å². The fourth-order valence-electron chi connectivity index (χ4n) is 3.78. The standard InChI is InChI=1S/C20H19Cl2N3O3/c21-8-10-28-20(26)25-9-7-15-16-11-13(22)3-6-17(16)23-18(15)19(25)12-1-4-14(24-27)5-2-12/h1-6,11,19,23-24,27H,7-10H2/p+1. The lowest BCUT2D eigenvalue weighted by Gasteiger charge is -2.35. The number of hydrogen-bond acceptors (Lipinski definition) is 3. The number of quaternary nitrogens is 1. The van der Waals surface area contributed by atoms with Gasteiger partial charge < -0.3 is 9.72 Å². The van der Waals surface area contributed by atoms with E-state index in [1.54, 1.807) is 4.90 Å². The van der Waals surface area contributed by atoms with Gasteiger partial charge in [0.2, 0.25) is 0 Å². The quantitative estimate of drug-likeness (QED) is 0.341. The van der Waals surface area contributed by atoms with Crippen LogP contribution in [0, 0.1) is 0 Å². The third kappa shape index (κ3) is 3.44. The van der Waals surface area contributed by atoms with E-state index in [2.05, 4.69) is 4.98 Å². The Labute approximate surface area is 172 Å². The number of aromatic amines is 1. The van der Waals surface area contributed by atoms with Crippen LogP contribution in [0.5, 0.6) is 0 Å². The summed E-state index contributed by atoms with van der Waals surface area (Å²) in [4.78, 5) is 17.9. The first-order valence-electron chi connectivity index (χ1n) is 8.99. The van der Waals surface area contributed by atoms with Gasteiger partial charge >= 0.3 is 6.09 Å². The molecule has 2 heterocycles. The highest BCUT2D eigenvalue weighted by atomic mass is 35.5. The van der Waals surface area contributed by atoms with Gasteiger partial charge in [-0.2, -0.15) is 5.48 Å². The van der Waals surface area contributed by atoms with Gasteiger partial charge in [0.05, 0.1) is 5.88 Å². The third-order valence-electron chi connectivity index (χ3n) is 5.03. The molecule has 0 spiro atoms. The molecule has 1 unspecified atom stereocenters. The summed E-state index contributed by atoms with van der Waals surface area (Å²) >= 11 is 11.9. The topological polar surface area (TPSA) is 82.2 Å². The Bertz CT molecular complexity index is 1000. The molecule has 0 bridgehead atoms. The van der Waals surface area contributed by atoms with Gasteiger partial charge in [-0.1, -0.05) is 23.7 Å². The molecule has 8 heteroatoms. The van der Waals surface area contributed by atoms with Gasteiger partial charge in [-0.25, -0.2) is 10.0 Å². The second-order valence-electron chi connectivity index (χ2n) is 6.65. The zero-order valence-electron chi connectivity index (χ0n) is 15.0. The van der Waals surface area contributed by atoms with E-state index >= 15 is 0 Å². The number of halogens is 2. The van der Waals surface area contributed by atoms with Crippen molar-refractivity contribution in [3.05, 3.63) is 64.3 Å². The van der Waals surface area contributed by atoms with Crippen molar-refractivity contribution >= 4 is 45.9 Å². The molecule has 1 aromatic heterocycles. The molecule has 1 aliphatic rings. The highest BCUT2D eigenvalue weighted by Crippen LogP contribution is 2.39. The molecular weight excluding hydrogens is 401 g/mol. The number of amides is 1. The Hall–Kier alpha value is -2.25. The normalized spacial score (nSPS) is 16.2. The number of H-pyrrole nitrogens is 1. The Kier molecular flexibility index (Phi) is 5.46. The predicted octanol–water partition coefficient (Wildman–Crippen LogP) is 3.73. The molecule has 1 aliphatic heterocycles. The van der Waals surface area contributed by atoms with E-state index in [4.69, 9.17) is 27.9 Å². The van der Waals surface area contributed by atoms with Crippen molar-refractivity contribution < 1.29 is 20.2 Å². The van der Waals surface area contributed by atoms with Gasteiger partial charge in [0.1, 0.15) is 12.6 Å². The number of nitrogens with zero attached hydrogens (tertiary/aromatic N) is 1. The number of aromatic nitrogens is 1. The second kappa shape index (κ2) is 8.01. The van der Waals surface area contributed by atoms with Crippen molar-refractivity contribution in [2.24, 2.45) is 0 Å². The van der Waals surface area contributed by atoms with Crippen LogP contribution in [0.1, 0.15) is 22.9 Å². The number of benzene rings is 2. The largest absolute Gasteiger partial charge is 0.448 e. The van der Waals surface area contributed by atoms with Crippen molar-refractivity contribution in [1.29, 1.82) is 0 Å². The molecule has 0 saturated carbocycles. The van der Waals surface area contributed by atoms with E-state index in [-0.39, 0.29) is 18.5 Å². The minimum absolute atomic E-state index is 0.164. The van der Waals surface area contributed by atoms with Crippen LogP contribution in [0.15, 0.2) is 42.5 Å². The lowest BCUT2D eigenvalue weighted by atomic mass is 9.92. The minimum Gasteiger partial charge on any atom is -0.448 e. The molecule has 146 valence electrons. The average Bonchev–Trinajstić information content (AvgIpc) is 3.09. The van der Waals surface area contributed by atoms with Crippen LogP contribution >= 0.6 is 23.2 Å². The summed E-state index contributed by atoms with van der Waals surface area (Å²) in [6.07, 6.45) is 0.302. The number of hydrogen-bond donors (Lipinski definition) is 3. The molecule has 1 atom stereocenters. The van der Waals surface area contributed by atoms with Crippen molar-refractivity contribution in [2.75, 3.05) is 19.0 Å². The molecule has 4 rings (SSSR count). The van der Waals surface area contributed by atoms with E-state index < -0.39 is 6.09 Å². The number of carbonyl (C=O) groups is 1. The van der Waals surface area contributed by atoms with Crippen LogP contribution in [-0.2, 0) is 11.2 Å². The maximum Gasteiger partial charge on any atom is 0.410 e. The second-order valence-corrected chi connectivity index (χ2v) is 7.47. The summed E-state index contributed by atoms with van der Waals surface area (Å²) in [5.74, 6) is 0.251. The van der Waals surface area contributed by atoms with Gasteiger partial charge in [0, 0.05) is 40.3 Å². The number of alkyl halides is 1. The molecule has 4 N–H and O–H groups in total. The first-order valence-corrected chi connectivity index (χ1v) is 9.90. The maximum atomic E-state index is 12.7. The Morgan fingerprint density at radius 1 is 1.29 bits per heavy atom. The third-order valence-corrected chi connectivity index (χ3v) is 5.42. The van der Waals surface area contributed by atoms with Crippen LogP contribution in [0.2, 0.25) is 5.02 Å². The fraction of sp³-hybridized carbons (Fsp3) is 0.250. The van der Waals surface area contributed by atoms with Crippen molar-refractivity contribution in [2.45, 2.75) is 12.5 Å². The molecule has 0 saturated heterocycles. The summed E-state index contributed by atoms with van der Waals surface area (Å²) in [5.41, 5.74) is 5.75. The lowest BCUT2D eigenvalue weighted by Crippen LogP contribution is -2.73. The number of rotatable bonds is 4. The lowest BCUT2D eigenvalue weighted by molar-refractivity contribution is -0.825. The first-order chi connectivity index (χ1) is 13.6. The van der Waals surface area contributed by atoms with Crippen molar-refractivity contribution in [3.8, 4) is 0 Å². The molecule has 0 fully saturated rings. The zero-order valence-corrected chi connectivity index (χ0v) is 16.5. The Balaban J connectivity index is 1.82. The van der Waals surface area contributed by atoms with E-state index in [9.17, 15) is 10.0 Å². The zero-order chi connectivity index (χ0) is 19.7. The molecule has 0 aliphatic carbocycles. The average molecular weight is 421 g/mol. The molecule has 2 aromatic carbocycles. The van der Waals surface area contributed by atoms with Crippen LogP contribution < -0.4 is 5.48 Å². The monoisotopic (exact) mass is 420 g/mol. The predicted molar refractivity (Wildman–Crippen MR) is 107 cm³/mol. The Morgan fingerprint density at radius 2 is 2.07 bits per heavy atom. The number of carbonyl (C=O) groups excluding carboxylic acids is 1. The fourth-order valence-corrected chi connectivity index (χ4v) is 4.03. The molecule has 3 aromatic rings. The van der Waals surface area contributed by atoms with Gasteiger partial charge in [-0.05, 0) is 35.7 Å². The van der Waals surface area contributed by atoms with E-state index in [0.717, 1.165) is 33.2 Å². The summed E-state index contributed by atoms with van der Waals surface area (Å²) in [6.45, 7) is 0.684. The summed E-state index contributed by atoms with van der Waals surface area (Å²) in [7, 11) is 0. The van der Waals surface area contributed by atoms with Gasteiger partial charge in [-0.3, -0.25) is 4.90 Å². The van der Waals surface area contributed by atoms with E-state index in [0.29, 0.717) is 23.7 Å². The number of nitrogens with one attached hydrogen (secondary N) is 1. The van der Waals surface area contributed by atoms with E-state index in [1.165, 1.54) is 0 Å². The van der Waals surface area contributed by atoms with Crippen LogP contribution in [-0.4, -0.2) is 40.2 Å². The maximum absolute atomic E-state index is 12.7. The molecule has 28 heavy (non-hydrogen) atoms. The summed E-state index contributed by atoms with van der Waals surface area (Å²) in [6, 6.07) is 12.9. The van der Waals surface area contributed by atoms with Crippen LogP contribution in [0.3, 0.4) is 0 Å². The Morgan fingerprint density at radius 3 is 2.79 bits per heavy atom. The van der Waals surface area contributed by atoms with Gasteiger partial charge in [0.25, 0.3) is 0 Å². The number of nitrogens with two attached hydrogens (primary N) is 1. The minimum atomic E-state index is -0.397. The first kappa shape index (κ1) is 19.1. The van der Waals surface area contributed by atoms with Crippen molar-refractivity contribution in [1.82, 2.24) is 9.88 Å². The molecule has 0 radical (unpaired) electrons. The van der Waals surface area contributed by atoms with Crippen LogP contribution in [0.25, 0.3) is 10.9 Å². The highest BCUT2D eigenvalue weighted by Gasteiger charge is 2.35. The molecule has 6 nitrogen and oxygen atoms in total.